The third-order valence-electron chi connectivity index (χ3n) is 4.66. The summed E-state index contributed by atoms with van der Waals surface area (Å²) in [5.74, 6) is 0. The molecule has 0 aromatic heterocycles. The van der Waals surface area contributed by atoms with Crippen molar-refractivity contribution in [3.05, 3.63) is 0 Å². The fraction of sp³-hybridized carbons (Fsp3) is 1.00. The monoisotopic (exact) mass is 194 g/mol. The van der Waals surface area contributed by atoms with Gasteiger partial charge in [-0.2, -0.15) is 0 Å². The van der Waals surface area contributed by atoms with Gasteiger partial charge in [-0.25, -0.2) is 0 Å². The van der Waals surface area contributed by atoms with Crippen LogP contribution in [0.5, 0.6) is 0 Å². The highest BCUT2D eigenvalue weighted by atomic mass is 15.2. The summed E-state index contributed by atoms with van der Waals surface area (Å²) in [6.45, 7) is 2.86. The Morgan fingerprint density at radius 2 is 1.71 bits per heavy atom. The van der Waals surface area contributed by atoms with Crippen LogP contribution in [0.2, 0.25) is 0 Å². The average Bonchev–Trinajstić information content (AvgIpc) is 2.96. The summed E-state index contributed by atoms with van der Waals surface area (Å²) in [5, 5.41) is 3.41. The van der Waals surface area contributed by atoms with Gasteiger partial charge in [0.25, 0.3) is 0 Å². The molecule has 0 radical (unpaired) electrons. The smallest absolute Gasteiger partial charge is 0.00968 e. The molecule has 2 heteroatoms. The Labute approximate surface area is 87.0 Å². The summed E-state index contributed by atoms with van der Waals surface area (Å²) in [6, 6.07) is 1.74. The molecule has 2 nitrogen and oxygen atoms in total. The maximum absolute atomic E-state index is 3.41. The number of hydrogen-bond acceptors (Lipinski definition) is 2. The Morgan fingerprint density at radius 3 is 2.21 bits per heavy atom. The molecule has 0 aromatic carbocycles. The zero-order chi connectivity index (χ0) is 9.60. The van der Waals surface area contributed by atoms with Crippen molar-refractivity contribution in [2.24, 2.45) is 5.41 Å². The van der Waals surface area contributed by atoms with Crippen molar-refractivity contribution < 1.29 is 0 Å². The van der Waals surface area contributed by atoms with E-state index in [9.17, 15) is 0 Å². The highest BCUT2D eigenvalue weighted by Gasteiger charge is 2.53. The fourth-order valence-electron chi connectivity index (χ4n) is 3.30. The first kappa shape index (κ1) is 9.17. The van der Waals surface area contributed by atoms with Crippen LogP contribution in [0.4, 0.5) is 0 Å². The largest absolute Gasteiger partial charge is 0.317 e. The van der Waals surface area contributed by atoms with Crippen molar-refractivity contribution in [2.75, 3.05) is 20.1 Å². The summed E-state index contributed by atoms with van der Waals surface area (Å²) in [6.07, 6.45) is 8.70. The van der Waals surface area contributed by atoms with Gasteiger partial charge in [0.15, 0.2) is 0 Å². The van der Waals surface area contributed by atoms with Gasteiger partial charge in [0.2, 0.25) is 0 Å². The lowest BCUT2D eigenvalue weighted by atomic mass is 9.85. The van der Waals surface area contributed by atoms with Gasteiger partial charge in [-0.05, 0) is 51.0 Å². The van der Waals surface area contributed by atoms with E-state index in [1.165, 1.54) is 51.6 Å². The number of nitrogens with one attached hydrogen (secondary N) is 1. The summed E-state index contributed by atoms with van der Waals surface area (Å²) in [4.78, 5) is 2.75. The molecule has 1 heterocycles. The van der Waals surface area contributed by atoms with Crippen LogP contribution < -0.4 is 5.32 Å². The molecule has 14 heavy (non-hydrogen) atoms. The van der Waals surface area contributed by atoms with E-state index in [4.69, 9.17) is 0 Å². The van der Waals surface area contributed by atoms with Crippen LogP contribution in [0.25, 0.3) is 0 Å². The van der Waals surface area contributed by atoms with Crippen LogP contribution in [0.15, 0.2) is 0 Å². The molecule has 0 bridgehead atoms. The zero-order valence-corrected chi connectivity index (χ0v) is 9.26. The molecule has 3 aliphatic rings. The first-order valence-corrected chi connectivity index (χ1v) is 6.23. The molecular weight excluding hydrogens is 172 g/mol. The van der Waals surface area contributed by atoms with Gasteiger partial charge in [-0.15, -0.1) is 0 Å². The van der Waals surface area contributed by atoms with E-state index in [1.54, 1.807) is 0 Å². The van der Waals surface area contributed by atoms with Crippen molar-refractivity contribution in [1.82, 2.24) is 10.2 Å². The minimum absolute atomic E-state index is 0.808. The number of rotatable bonds is 2. The van der Waals surface area contributed by atoms with E-state index in [-0.39, 0.29) is 0 Å². The van der Waals surface area contributed by atoms with Gasteiger partial charge in [-0.1, -0.05) is 0 Å². The minimum Gasteiger partial charge on any atom is -0.317 e. The van der Waals surface area contributed by atoms with Gasteiger partial charge in [0.1, 0.15) is 0 Å². The van der Waals surface area contributed by atoms with Crippen LogP contribution in [-0.4, -0.2) is 37.1 Å². The first-order chi connectivity index (χ1) is 6.81. The first-order valence-electron chi connectivity index (χ1n) is 6.23. The number of nitrogens with zero attached hydrogens (tertiary/aromatic N) is 1. The highest BCUT2D eigenvalue weighted by Crippen LogP contribution is 2.54. The van der Waals surface area contributed by atoms with Crippen LogP contribution in [0, 0.1) is 5.41 Å². The van der Waals surface area contributed by atoms with E-state index >= 15 is 0 Å². The summed E-state index contributed by atoms with van der Waals surface area (Å²) in [5.41, 5.74) is 0.847. The Balaban J connectivity index is 1.46. The Hall–Kier alpha value is -0.0800. The summed E-state index contributed by atoms with van der Waals surface area (Å²) in [7, 11) is 2.10. The van der Waals surface area contributed by atoms with Gasteiger partial charge < -0.3 is 5.32 Å². The number of likely N-dealkylation sites (tertiary alicyclic amines) is 1. The van der Waals surface area contributed by atoms with Crippen molar-refractivity contribution in [2.45, 2.75) is 50.6 Å². The van der Waals surface area contributed by atoms with Gasteiger partial charge in [0.05, 0.1) is 0 Å². The van der Waals surface area contributed by atoms with E-state index in [1.807, 2.05) is 0 Å². The Bertz CT molecular complexity index is 206. The van der Waals surface area contributed by atoms with Crippen molar-refractivity contribution in [3.8, 4) is 0 Å². The molecule has 2 saturated carbocycles. The highest BCUT2D eigenvalue weighted by molar-refractivity contribution is 5.07. The van der Waals surface area contributed by atoms with Crippen LogP contribution in [-0.2, 0) is 0 Å². The van der Waals surface area contributed by atoms with E-state index in [0.29, 0.717) is 0 Å². The molecule has 0 aromatic rings. The van der Waals surface area contributed by atoms with Crippen LogP contribution in [0.1, 0.15) is 38.5 Å². The van der Waals surface area contributed by atoms with Crippen molar-refractivity contribution >= 4 is 0 Å². The van der Waals surface area contributed by atoms with Crippen LogP contribution >= 0.6 is 0 Å². The Morgan fingerprint density at radius 1 is 1.07 bits per heavy atom. The lowest BCUT2D eigenvalue weighted by molar-refractivity contribution is 0.0172. The SMILES string of the molecule is CNC1CCC(N2CC3(CC3)C2)CC1. The number of hydrogen-bond donors (Lipinski definition) is 1. The minimum atomic E-state index is 0.808. The lowest BCUT2D eigenvalue weighted by Gasteiger charge is -2.47. The molecule has 1 N–H and O–H groups in total. The maximum Gasteiger partial charge on any atom is 0.00968 e. The predicted octanol–water partition coefficient (Wildman–Crippen LogP) is 1.61. The molecule has 1 spiro atoms. The molecule has 1 saturated heterocycles. The van der Waals surface area contributed by atoms with Gasteiger partial charge in [-0.3, -0.25) is 4.90 Å². The second-order valence-electron chi connectivity index (χ2n) is 5.70. The molecular formula is C12H22N2. The normalized spacial score (nSPS) is 40.9. The van der Waals surface area contributed by atoms with Crippen molar-refractivity contribution in [1.29, 1.82) is 0 Å². The van der Waals surface area contributed by atoms with Gasteiger partial charge in [0, 0.05) is 25.2 Å². The molecule has 0 unspecified atom stereocenters. The maximum atomic E-state index is 3.41. The molecule has 3 rings (SSSR count). The van der Waals surface area contributed by atoms with E-state index < -0.39 is 0 Å². The van der Waals surface area contributed by atoms with Crippen molar-refractivity contribution in [3.63, 3.8) is 0 Å². The molecule has 1 aliphatic heterocycles. The molecule has 0 atom stereocenters. The summed E-state index contributed by atoms with van der Waals surface area (Å²) >= 11 is 0. The third-order valence-corrected chi connectivity index (χ3v) is 4.66. The van der Waals surface area contributed by atoms with Crippen LogP contribution in [0.3, 0.4) is 0 Å². The average molecular weight is 194 g/mol. The zero-order valence-electron chi connectivity index (χ0n) is 9.26. The molecule has 80 valence electrons. The molecule has 2 aliphatic carbocycles. The van der Waals surface area contributed by atoms with E-state index in [0.717, 1.165) is 17.5 Å². The fourth-order valence-corrected chi connectivity index (χ4v) is 3.30. The topological polar surface area (TPSA) is 15.3 Å². The molecule has 0 amide bonds. The quantitative estimate of drug-likeness (QED) is 0.718. The molecule has 3 fully saturated rings. The second-order valence-corrected chi connectivity index (χ2v) is 5.70. The Kier molecular flexibility index (Phi) is 2.10. The third kappa shape index (κ3) is 1.49. The summed E-state index contributed by atoms with van der Waals surface area (Å²) < 4.78 is 0. The standard InChI is InChI=1S/C12H22N2/c1-13-10-2-4-11(5-3-10)14-8-12(9-14)6-7-12/h10-11,13H,2-9H2,1H3. The second kappa shape index (κ2) is 3.21. The lowest BCUT2D eigenvalue weighted by Crippen LogP contribution is -2.55. The van der Waals surface area contributed by atoms with Gasteiger partial charge >= 0.3 is 0 Å². The predicted molar refractivity (Wildman–Crippen MR) is 58.3 cm³/mol. The van der Waals surface area contributed by atoms with E-state index in [2.05, 4.69) is 17.3 Å².